The molecule has 1 aromatic carbocycles. The quantitative estimate of drug-likeness (QED) is 0.564. The Balaban J connectivity index is 2.36. The number of hydrogen-bond donors (Lipinski definition) is 2. The number of fused-ring (bicyclic) bond motifs is 3. The normalized spacial score (nSPS) is 15.0. The van der Waals surface area contributed by atoms with Gasteiger partial charge >= 0.3 is 0 Å². The van der Waals surface area contributed by atoms with Gasteiger partial charge in [0.05, 0.1) is 15.8 Å². The summed E-state index contributed by atoms with van der Waals surface area (Å²) < 4.78 is 0. The first kappa shape index (κ1) is 9.35. The number of aromatic nitrogens is 1. The van der Waals surface area contributed by atoms with Crippen LogP contribution in [0.1, 0.15) is 11.3 Å². The van der Waals surface area contributed by atoms with Crippen molar-refractivity contribution in [2.45, 2.75) is 13.0 Å². The van der Waals surface area contributed by atoms with Gasteiger partial charge in [-0.2, -0.15) is 0 Å². The van der Waals surface area contributed by atoms with Crippen LogP contribution in [-0.4, -0.2) is 16.5 Å². The number of non-ortho nitro benzene ring substituents is 1. The lowest BCUT2D eigenvalue weighted by atomic mass is 10.0. The van der Waals surface area contributed by atoms with Crippen molar-refractivity contribution in [3.8, 4) is 0 Å². The lowest BCUT2D eigenvalue weighted by molar-refractivity contribution is -0.383. The molecular formula is C11H11N3O2. The first-order chi connectivity index (χ1) is 7.77. The molecule has 0 atom stereocenters. The Labute approximate surface area is 91.6 Å². The Morgan fingerprint density at radius 1 is 1.38 bits per heavy atom. The molecule has 0 bridgehead atoms. The number of nitro groups is 1. The van der Waals surface area contributed by atoms with Crippen molar-refractivity contribution in [3.63, 3.8) is 0 Å². The monoisotopic (exact) mass is 217 g/mol. The van der Waals surface area contributed by atoms with E-state index >= 15 is 0 Å². The van der Waals surface area contributed by atoms with Crippen molar-refractivity contribution in [1.29, 1.82) is 0 Å². The predicted octanol–water partition coefficient (Wildman–Crippen LogP) is 1.72. The average Bonchev–Trinajstić information content (AvgIpc) is 2.66. The van der Waals surface area contributed by atoms with Crippen LogP contribution in [0.3, 0.4) is 0 Å². The van der Waals surface area contributed by atoms with Crippen LogP contribution in [0, 0.1) is 10.1 Å². The van der Waals surface area contributed by atoms with Crippen LogP contribution in [0.4, 0.5) is 5.69 Å². The largest absolute Gasteiger partial charge is 0.357 e. The van der Waals surface area contributed by atoms with E-state index in [4.69, 9.17) is 0 Å². The van der Waals surface area contributed by atoms with Crippen LogP contribution in [0.15, 0.2) is 18.2 Å². The Bertz CT molecular complexity index is 574. The third-order valence-electron chi connectivity index (χ3n) is 3.04. The lowest BCUT2D eigenvalue weighted by Gasteiger charge is -2.12. The fourth-order valence-corrected chi connectivity index (χ4v) is 2.36. The molecule has 0 amide bonds. The highest BCUT2D eigenvalue weighted by Crippen LogP contribution is 2.32. The van der Waals surface area contributed by atoms with Crippen LogP contribution in [0.2, 0.25) is 0 Å². The van der Waals surface area contributed by atoms with E-state index < -0.39 is 0 Å². The number of hydrogen-bond acceptors (Lipinski definition) is 3. The molecule has 1 aliphatic rings. The second kappa shape index (κ2) is 3.31. The van der Waals surface area contributed by atoms with Gasteiger partial charge < -0.3 is 10.3 Å². The van der Waals surface area contributed by atoms with Crippen molar-refractivity contribution in [3.05, 3.63) is 39.6 Å². The number of nitrogens with zero attached hydrogens (tertiary/aromatic N) is 1. The number of aromatic amines is 1. The van der Waals surface area contributed by atoms with Crippen molar-refractivity contribution >= 4 is 16.6 Å². The molecule has 3 rings (SSSR count). The number of nitro benzene ring substituents is 1. The average molecular weight is 217 g/mol. The fraction of sp³-hybridized carbons (Fsp3) is 0.273. The molecule has 5 nitrogen and oxygen atoms in total. The van der Waals surface area contributed by atoms with Crippen LogP contribution in [-0.2, 0) is 13.0 Å². The van der Waals surface area contributed by atoms with Gasteiger partial charge in [0, 0.05) is 18.3 Å². The van der Waals surface area contributed by atoms with E-state index in [0.29, 0.717) is 0 Å². The number of rotatable bonds is 1. The maximum absolute atomic E-state index is 11.0. The van der Waals surface area contributed by atoms with Gasteiger partial charge in [0.2, 0.25) is 0 Å². The third kappa shape index (κ3) is 1.22. The molecule has 0 unspecified atom stereocenters. The molecule has 2 aromatic rings. The van der Waals surface area contributed by atoms with Gasteiger partial charge in [0.25, 0.3) is 5.69 Å². The standard InChI is InChI=1S/C11H11N3O2/c15-14(16)10-3-1-2-8-11(10)7-4-5-12-6-9(7)13-8/h1-3,12-13H,4-6H2. The summed E-state index contributed by atoms with van der Waals surface area (Å²) in [6, 6.07) is 5.18. The molecule has 16 heavy (non-hydrogen) atoms. The van der Waals surface area contributed by atoms with Crippen LogP contribution in [0.5, 0.6) is 0 Å². The minimum absolute atomic E-state index is 0.205. The number of H-pyrrole nitrogens is 1. The van der Waals surface area contributed by atoms with E-state index in [1.54, 1.807) is 12.1 Å². The maximum atomic E-state index is 11.0. The van der Waals surface area contributed by atoms with Gasteiger partial charge in [-0.1, -0.05) is 6.07 Å². The van der Waals surface area contributed by atoms with E-state index in [1.807, 2.05) is 6.07 Å². The zero-order chi connectivity index (χ0) is 11.1. The molecule has 82 valence electrons. The van der Waals surface area contributed by atoms with E-state index in [1.165, 1.54) is 0 Å². The predicted molar refractivity (Wildman–Crippen MR) is 60.4 cm³/mol. The third-order valence-corrected chi connectivity index (χ3v) is 3.04. The van der Waals surface area contributed by atoms with Crippen molar-refractivity contribution < 1.29 is 4.92 Å². The lowest BCUT2D eigenvalue weighted by Crippen LogP contribution is -2.23. The zero-order valence-corrected chi connectivity index (χ0v) is 8.62. The van der Waals surface area contributed by atoms with Crippen molar-refractivity contribution in [2.75, 3.05) is 6.54 Å². The molecule has 0 radical (unpaired) electrons. The minimum Gasteiger partial charge on any atom is -0.357 e. The van der Waals surface area contributed by atoms with E-state index in [9.17, 15) is 10.1 Å². The SMILES string of the molecule is O=[N+]([O-])c1cccc2[nH]c3c(c12)CCNC3. The number of benzene rings is 1. The highest BCUT2D eigenvalue weighted by molar-refractivity contribution is 5.93. The summed E-state index contributed by atoms with van der Waals surface area (Å²) >= 11 is 0. The fourth-order valence-electron chi connectivity index (χ4n) is 2.36. The summed E-state index contributed by atoms with van der Waals surface area (Å²) in [5.41, 5.74) is 3.25. The van der Waals surface area contributed by atoms with Gasteiger partial charge in [-0.15, -0.1) is 0 Å². The first-order valence-electron chi connectivity index (χ1n) is 5.25. The maximum Gasteiger partial charge on any atom is 0.279 e. The summed E-state index contributed by atoms with van der Waals surface area (Å²) in [6.45, 7) is 1.65. The summed E-state index contributed by atoms with van der Waals surface area (Å²) in [6.07, 6.45) is 0.847. The Morgan fingerprint density at radius 2 is 2.25 bits per heavy atom. The molecule has 5 heteroatoms. The highest BCUT2D eigenvalue weighted by atomic mass is 16.6. The first-order valence-corrected chi connectivity index (χ1v) is 5.25. The number of nitrogens with one attached hydrogen (secondary N) is 2. The zero-order valence-electron chi connectivity index (χ0n) is 8.62. The minimum atomic E-state index is -0.307. The molecule has 2 N–H and O–H groups in total. The molecule has 0 spiro atoms. The van der Waals surface area contributed by atoms with E-state index in [-0.39, 0.29) is 10.6 Å². The Kier molecular flexibility index (Phi) is 1.94. The highest BCUT2D eigenvalue weighted by Gasteiger charge is 2.21. The summed E-state index contributed by atoms with van der Waals surface area (Å²) in [7, 11) is 0. The molecule has 1 aliphatic heterocycles. The van der Waals surface area contributed by atoms with Crippen molar-refractivity contribution in [1.82, 2.24) is 10.3 Å². The molecule has 2 heterocycles. The van der Waals surface area contributed by atoms with Crippen LogP contribution in [0.25, 0.3) is 10.9 Å². The molecule has 0 aliphatic carbocycles. The van der Waals surface area contributed by atoms with Crippen LogP contribution >= 0.6 is 0 Å². The van der Waals surface area contributed by atoms with Gasteiger partial charge in [-0.3, -0.25) is 10.1 Å². The topological polar surface area (TPSA) is 71.0 Å². The molecular weight excluding hydrogens is 206 g/mol. The van der Waals surface area contributed by atoms with Gasteiger partial charge in [0.15, 0.2) is 0 Å². The Hall–Kier alpha value is -1.88. The van der Waals surface area contributed by atoms with E-state index in [2.05, 4.69) is 10.3 Å². The molecule has 0 saturated carbocycles. The van der Waals surface area contributed by atoms with Gasteiger partial charge in [-0.25, -0.2) is 0 Å². The van der Waals surface area contributed by atoms with Gasteiger partial charge in [0.1, 0.15) is 0 Å². The Morgan fingerprint density at radius 3 is 3.06 bits per heavy atom. The molecule has 1 aromatic heterocycles. The molecule has 0 fully saturated rings. The van der Waals surface area contributed by atoms with Crippen molar-refractivity contribution in [2.24, 2.45) is 0 Å². The van der Waals surface area contributed by atoms with Gasteiger partial charge in [-0.05, 0) is 24.6 Å². The second-order valence-corrected chi connectivity index (χ2v) is 3.97. The van der Waals surface area contributed by atoms with Crippen LogP contribution < -0.4 is 5.32 Å². The summed E-state index contributed by atoms with van der Waals surface area (Å²) in [4.78, 5) is 13.9. The van der Waals surface area contributed by atoms with E-state index in [0.717, 1.165) is 41.7 Å². The smallest absolute Gasteiger partial charge is 0.279 e. The molecule has 0 saturated heterocycles. The summed E-state index contributed by atoms with van der Waals surface area (Å²) in [5.74, 6) is 0. The summed E-state index contributed by atoms with van der Waals surface area (Å²) in [5, 5.41) is 15.0. The second-order valence-electron chi connectivity index (χ2n) is 3.97.